The quantitative estimate of drug-likeness (QED) is 0.476. The second-order valence-corrected chi connectivity index (χ2v) is 8.10. The van der Waals surface area contributed by atoms with Crippen LogP contribution < -0.4 is 10.1 Å². The Hall–Kier alpha value is -3.64. The molecule has 0 radical (unpaired) electrons. The van der Waals surface area contributed by atoms with Crippen molar-refractivity contribution in [3.63, 3.8) is 0 Å². The van der Waals surface area contributed by atoms with Crippen molar-refractivity contribution < 1.29 is 4.74 Å². The van der Waals surface area contributed by atoms with Gasteiger partial charge in [-0.1, -0.05) is 47.5 Å². The van der Waals surface area contributed by atoms with E-state index in [-0.39, 0.29) is 6.04 Å². The lowest BCUT2D eigenvalue weighted by atomic mass is 9.85. The fraction of sp³-hybridized carbons (Fsp3) is 0.125. The predicted molar refractivity (Wildman–Crippen MR) is 119 cm³/mol. The van der Waals surface area contributed by atoms with E-state index in [0.717, 1.165) is 39.3 Å². The molecule has 6 rings (SSSR count). The number of benzene rings is 2. The SMILES string of the molecule is Cc1ccc2c(c1)C1=C([C@H](c3cccnc3)n3ncnc3N1)[C@@H](c1ccccc1Cl)O2. The first-order chi connectivity index (χ1) is 15.2. The molecule has 2 aromatic heterocycles. The average molecular weight is 428 g/mol. The third kappa shape index (κ3) is 2.83. The monoisotopic (exact) mass is 427 g/mol. The number of aromatic nitrogens is 4. The van der Waals surface area contributed by atoms with Crippen LogP contribution in [0.2, 0.25) is 5.02 Å². The van der Waals surface area contributed by atoms with Crippen LogP contribution in [0.5, 0.6) is 5.75 Å². The van der Waals surface area contributed by atoms with E-state index in [1.807, 2.05) is 47.3 Å². The van der Waals surface area contributed by atoms with Gasteiger partial charge in [-0.3, -0.25) is 4.98 Å². The summed E-state index contributed by atoms with van der Waals surface area (Å²) in [6.07, 6.45) is 4.80. The smallest absolute Gasteiger partial charge is 0.226 e. The fourth-order valence-electron chi connectivity index (χ4n) is 4.39. The highest BCUT2D eigenvalue weighted by Gasteiger charge is 2.41. The van der Waals surface area contributed by atoms with Crippen molar-refractivity contribution in [2.24, 2.45) is 0 Å². The molecule has 2 aliphatic heterocycles. The highest BCUT2D eigenvalue weighted by atomic mass is 35.5. The summed E-state index contributed by atoms with van der Waals surface area (Å²) in [4.78, 5) is 8.81. The number of ether oxygens (including phenoxy) is 1. The summed E-state index contributed by atoms with van der Waals surface area (Å²) in [5.41, 5.74) is 6.06. The molecular weight excluding hydrogens is 410 g/mol. The van der Waals surface area contributed by atoms with Crippen molar-refractivity contribution in [2.45, 2.75) is 19.1 Å². The lowest BCUT2D eigenvalue weighted by Crippen LogP contribution is -2.32. The van der Waals surface area contributed by atoms with Gasteiger partial charge in [0.25, 0.3) is 0 Å². The van der Waals surface area contributed by atoms with Gasteiger partial charge in [-0.15, -0.1) is 0 Å². The molecule has 31 heavy (non-hydrogen) atoms. The summed E-state index contributed by atoms with van der Waals surface area (Å²) in [5, 5.41) is 8.69. The van der Waals surface area contributed by atoms with Crippen LogP contribution in [0, 0.1) is 6.92 Å². The summed E-state index contributed by atoms with van der Waals surface area (Å²) in [6, 6.07) is 17.7. The van der Waals surface area contributed by atoms with E-state index in [9.17, 15) is 0 Å². The molecule has 4 aromatic rings. The van der Waals surface area contributed by atoms with Gasteiger partial charge in [0.15, 0.2) is 6.10 Å². The summed E-state index contributed by atoms with van der Waals surface area (Å²) in [6.45, 7) is 2.07. The van der Waals surface area contributed by atoms with Crippen LogP contribution in [0.1, 0.15) is 34.4 Å². The Kier molecular flexibility index (Phi) is 4.07. The zero-order valence-corrected chi connectivity index (χ0v) is 17.4. The highest BCUT2D eigenvalue weighted by molar-refractivity contribution is 6.31. The normalized spacial score (nSPS) is 19.0. The molecule has 0 saturated heterocycles. The first-order valence-corrected chi connectivity index (χ1v) is 10.4. The number of nitrogens with one attached hydrogen (secondary N) is 1. The molecule has 0 spiro atoms. The number of rotatable bonds is 2. The zero-order valence-electron chi connectivity index (χ0n) is 16.7. The average Bonchev–Trinajstić information content (AvgIpc) is 3.27. The lowest BCUT2D eigenvalue weighted by Gasteiger charge is -2.39. The van der Waals surface area contributed by atoms with E-state index >= 15 is 0 Å². The summed E-state index contributed by atoms with van der Waals surface area (Å²) >= 11 is 6.64. The van der Waals surface area contributed by atoms with Gasteiger partial charge in [-0.05, 0) is 36.8 Å². The summed E-state index contributed by atoms with van der Waals surface area (Å²) < 4.78 is 8.48. The van der Waals surface area contributed by atoms with Crippen molar-refractivity contribution in [3.05, 3.63) is 106 Å². The molecule has 0 aliphatic carbocycles. The first kappa shape index (κ1) is 18.2. The maximum atomic E-state index is 6.64. The van der Waals surface area contributed by atoms with Crippen LogP contribution in [0.15, 0.2) is 78.9 Å². The van der Waals surface area contributed by atoms with Crippen molar-refractivity contribution in [1.82, 2.24) is 19.7 Å². The summed E-state index contributed by atoms with van der Waals surface area (Å²) in [7, 11) is 0. The third-order valence-electron chi connectivity index (χ3n) is 5.76. The van der Waals surface area contributed by atoms with Gasteiger partial charge in [0.1, 0.15) is 18.1 Å². The van der Waals surface area contributed by atoms with Gasteiger partial charge in [0.05, 0.1) is 5.70 Å². The molecule has 6 nitrogen and oxygen atoms in total. The van der Waals surface area contributed by atoms with E-state index in [1.165, 1.54) is 0 Å². The first-order valence-electron chi connectivity index (χ1n) is 10.0. The minimum atomic E-state index is -0.394. The van der Waals surface area contributed by atoms with Crippen molar-refractivity contribution in [3.8, 4) is 5.75 Å². The second-order valence-electron chi connectivity index (χ2n) is 7.69. The molecule has 0 saturated carbocycles. The minimum absolute atomic E-state index is 0.239. The number of nitrogens with zero attached hydrogens (tertiary/aromatic N) is 4. The number of anilines is 1. The number of aryl methyl sites for hydroxylation is 1. The van der Waals surface area contributed by atoms with Crippen molar-refractivity contribution in [2.75, 3.05) is 5.32 Å². The molecule has 7 heteroatoms. The number of hydrogen-bond acceptors (Lipinski definition) is 5. The van der Waals surface area contributed by atoms with Gasteiger partial charge in [0, 0.05) is 34.1 Å². The third-order valence-corrected chi connectivity index (χ3v) is 6.10. The standard InChI is InChI=1S/C24H18ClN5O/c1-14-8-9-19-17(11-14)21-20(23(31-19)16-6-2-3-7-18(16)25)22(15-5-4-10-26-12-15)30-24(29-21)27-13-28-30/h2-13,22-23H,1H3,(H,27,28,29)/t22-,23+/m0/s1. The van der Waals surface area contributed by atoms with Crippen LogP contribution in [-0.2, 0) is 0 Å². The molecule has 0 fully saturated rings. The van der Waals surface area contributed by atoms with Gasteiger partial charge in [-0.25, -0.2) is 4.68 Å². The number of halogens is 1. The Labute approximate surface area is 184 Å². The highest BCUT2D eigenvalue weighted by Crippen LogP contribution is 2.51. The van der Waals surface area contributed by atoms with Crippen LogP contribution in [0.4, 0.5) is 5.95 Å². The van der Waals surface area contributed by atoms with Crippen LogP contribution in [-0.4, -0.2) is 19.7 Å². The molecule has 2 aliphatic rings. The Balaban J connectivity index is 1.66. The fourth-order valence-corrected chi connectivity index (χ4v) is 4.62. The molecule has 0 amide bonds. The van der Waals surface area contributed by atoms with Crippen LogP contribution in [0.25, 0.3) is 5.70 Å². The maximum Gasteiger partial charge on any atom is 0.226 e. The Bertz CT molecular complexity index is 1330. The molecule has 0 bridgehead atoms. The second kappa shape index (κ2) is 6.96. The van der Waals surface area contributed by atoms with Gasteiger partial charge in [0.2, 0.25) is 5.95 Å². The van der Waals surface area contributed by atoms with Gasteiger partial charge >= 0.3 is 0 Å². The van der Waals surface area contributed by atoms with E-state index in [2.05, 4.69) is 45.5 Å². The van der Waals surface area contributed by atoms with Crippen molar-refractivity contribution >= 4 is 23.2 Å². The Morgan fingerprint density at radius 3 is 2.84 bits per heavy atom. The predicted octanol–water partition coefficient (Wildman–Crippen LogP) is 5.19. The zero-order chi connectivity index (χ0) is 20.9. The van der Waals surface area contributed by atoms with Crippen LogP contribution >= 0.6 is 11.6 Å². The lowest BCUT2D eigenvalue weighted by molar-refractivity contribution is 0.223. The molecule has 2 aromatic carbocycles. The molecule has 4 heterocycles. The molecule has 0 unspecified atom stereocenters. The summed E-state index contributed by atoms with van der Waals surface area (Å²) in [5.74, 6) is 1.49. The molecule has 152 valence electrons. The van der Waals surface area contributed by atoms with E-state index in [1.54, 1.807) is 12.5 Å². The Morgan fingerprint density at radius 1 is 1.10 bits per heavy atom. The Morgan fingerprint density at radius 2 is 2.00 bits per heavy atom. The largest absolute Gasteiger partial charge is 0.480 e. The van der Waals surface area contributed by atoms with E-state index < -0.39 is 6.10 Å². The van der Waals surface area contributed by atoms with Gasteiger partial charge < -0.3 is 10.1 Å². The van der Waals surface area contributed by atoms with Crippen LogP contribution in [0.3, 0.4) is 0 Å². The molecule has 1 N–H and O–H groups in total. The minimum Gasteiger partial charge on any atom is -0.480 e. The molecule has 2 atom stereocenters. The number of fused-ring (bicyclic) bond motifs is 3. The van der Waals surface area contributed by atoms with E-state index in [4.69, 9.17) is 16.3 Å². The molecular formula is C24H18ClN5O. The topological polar surface area (TPSA) is 64.9 Å². The van der Waals surface area contributed by atoms with E-state index in [0.29, 0.717) is 11.0 Å². The number of hydrogen-bond donors (Lipinski definition) is 1. The van der Waals surface area contributed by atoms with Gasteiger partial charge in [-0.2, -0.15) is 10.1 Å². The maximum absolute atomic E-state index is 6.64. The number of pyridine rings is 1. The van der Waals surface area contributed by atoms with Crippen molar-refractivity contribution in [1.29, 1.82) is 0 Å².